The van der Waals surface area contributed by atoms with Gasteiger partial charge in [0.2, 0.25) is 0 Å². The number of fused-ring (bicyclic) bond motifs is 1. The smallest absolute Gasteiger partial charge is 0.313 e. The molecule has 1 aliphatic rings. The van der Waals surface area contributed by atoms with Crippen LogP contribution in [0.1, 0.15) is 38.2 Å². The minimum atomic E-state index is -0.937. The first-order valence-electron chi connectivity index (χ1n) is 10.2. The van der Waals surface area contributed by atoms with Crippen molar-refractivity contribution in [1.29, 1.82) is 0 Å². The summed E-state index contributed by atoms with van der Waals surface area (Å²) in [7, 11) is 1.38. The molecule has 1 heterocycles. The molecular formula is C24H24F2N2O3. The minimum absolute atomic E-state index is 0.00963. The van der Waals surface area contributed by atoms with Crippen molar-refractivity contribution in [3.8, 4) is 16.9 Å². The van der Waals surface area contributed by atoms with Crippen molar-refractivity contribution in [2.75, 3.05) is 19.0 Å². The molecule has 0 bridgehead atoms. The predicted octanol–water partition coefficient (Wildman–Crippen LogP) is 5.37. The summed E-state index contributed by atoms with van der Waals surface area (Å²) in [5, 5.41) is 14.0. The molecule has 0 saturated heterocycles. The van der Waals surface area contributed by atoms with Crippen molar-refractivity contribution in [3.63, 3.8) is 0 Å². The number of halogens is 2. The molecular weight excluding hydrogens is 402 g/mol. The van der Waals surface area contributed by atoms with Gasteiger partial charge in [-0.2, -0.15) is 0 Å². The number of pyridine rings is 1. The molecule has 0 radical (unpaired) electrons. The van der Waals surface area contributed by atoms with Crippen LogP contribution in [0.5, 0.6) is 5.75 Å². The van der Waals surface area contributed by atoms with Crippen molar-refractivity contribution in [3.05, 3.63) is 53.6 Å². The summed E-state index contributed by atoms with van der Waals surface area (Å²) in [6.45, 7) is 4.34. The molecule has 1 fully saturated rings. The van der Waals surface area contributed by atoms with E-state index < -0.39 is 17.0 Å². The number of carbonyl (C=O) groups excluding carboxylic acids is 1. The fraction of sp³-hybridized carbons (Fsp3) is 0.333. The first-order valence-corrected chi connectivity index (χ1v) is 10.2. The second-order valence-electron chi connectivity index (χ2n) is 8.36. The lowest BCUT2D eigenvalue weighted by molar-refractivity contribution is -0.146. The molecule has 1 aliphatic carbocycles. The van der Waals surface area contributed by atoms with Crippen LogP contribution in [0.25, 0.3) is 22.0 Å². The highest BCUT2D eigenvalue weighted by Crippen LogP contribution is 2.47. The van der Waals surface area contributed by atoms with E-state index in [9.17, 15) is 18.7 Å². The number of methoxy groups -OCH3 is 1. The molecule has 2 aromatic carbocycles. The number of nitrogens with one attached hydrogen (secondary N) is 1. The van der Waals surface area contributed by atoms with Crippen LogP contribution in [0, 0.1) is 17.0 Å². The van der Waals surface area contributed by atoms with Crippen LogP contribution in [-0.2, 0) is 9.53 Å². The van der Waals surface area contributed by atoms with Crippen molar-refractivity contribution >= 4 is 22.7 Å². The maximum Gasteiger partial charge on any atom is 0.313 e. The van der Waals surface area contributed by atoms with Crippen LogP contribution < -0.4 is 5.32 Å². The number of ether oxygens (including phenoxy) is 1. The number of aromatic nitrogens is 1. The Balaban J connectivity index is 1.90. The summed E-state index contributed by atoms with van der Waals surface area (Å²) >= 11 is 0. The zero-order valence-corrected chi connectivity index (χ0v) is 17.6. The van der Waals surface area contributed by atoms with Crippen molar-refractivity contribution in [2.45, 2.75) is 32.6 Å². The van der Waals surface area contributed by atoms with E-state index in [1.165, 1.54) is 25.3 Å². The van der Waals surface area contributed by atoms with Gasteiger partial charge in [-0.1, -0.05) is 19.9 Å². The Morgan fingerprint density at radius 1 is 1.19 bits per heavy atom. The average molecular weight is 426 g/mol. The van der Waals surface area contributed by atoms with Gasteiger partial charge in [0.15, 0.2) is 11.6 Å². The van der Waals surface area contributed by atoms with E-state index in [1.54, 1.807) is 12.1 Å². The summed E-state index contributed by atoms with van der Waals surface area (Å²) in [5.74, 6) is -1.53. The van der Waals surface area contributed by atoms with Gasteiger partial charge in [0.25, 0.3) is 0 Å². The van der Waals surface area contributed by atoms with E-state index in [0.717, 1.165) is 24.5 Å². The van der Waals surface area contributed by atoms with Crippen LogP contribution in [0.15, 0.2) is 36.4 Å². The number of hydrogen-bond donors (Lipinski definition) is 2. The van der Waals surface area contributed by atoms with Crippen LogP contribution in [0.4, 0.5) is 14.6 Å². The molecule has 5 nitrogen and oxygen atoms in total. The second kappa shape index (κ2) is 7.80. The highest BCUT2D eigenvalue weighted by molar-refractivity contribution is 5.99. The van der Waals surface area contributed by atoms with Crippen molar-refractivity contribution in [1.82, 2.24) is 4.98 Å². The van der Waals surface area contributed by atoms with Crippen LogP contribution in [-0.4, -0.2) is 29.7 Å². The Bertz CT molecular complexity index is 1170. The number of anilines is 1. The van der Waals surface area contributed by atoms with Gasteiger partial charge in [0.05, 0.1) is 18.0 Å². The molecule has 0 spiro atoms. The van der Waals surface area contributed by atoms with Gasteiger partial charge >= 0.3 is 5.97 Å². The number of carbonyl (C=O) groups is 1. The highest BCUT2D eigenvalue weighted by atomic mass is 19.2. The normalized spacial score (nSPS) is 14.6. The summed E-state index contributed by atoms with van der Waals surface area (Å²) in [5.41, 5.74) is 1.99. The lowest BCUT2D eigenvalue weighted by Crippen LogP contribution is -2.26. The number of phenols is 1. The van der Waals surface area contributed by atoms with Gasteiger partial charge in [0.1, 0.15) is 11.6 Å². The Kier molecular flexibility index (Phi) is 5.29. The lowest BCUT2D eigenvalue weighted by atomic mass is 9.89. The van der Waals surface area contributed by atoms with E-state index in [1.807, 2.05) is 13.8 Å². The number of esters is 1. The summed E-state index contributed by atoms with van der Waals surface area (Å²) in [6.07, 6.45) is 1.46. The highest BCUT2D eigenvalue weighted by Gasteiger charge is 2.51. The van der Waals surface area contributed by atoms with E-state index >= 15 is 0 Å². The molecule has 1 saturated carbocycles. The average Bonchev–Trinajstić information content (AvgIpc) is 3.53. The first kappa shape index (κ1) is 21.0. The molecule has 0 unspecified atom stereocenters. The molecule has 4 rings (SSSR count). The maximum atomic E-state index is 14.1. The number of nitrogens with zero attached hydrogens (tertiary/aromatic N) is 1. The summed E-state index contributed by atoms with van der Waals surface area (Å²) in [4.78, 5) is 16.9. The van der Waals surface area contributed by atoms with Crippen LogP contribution >= 0.6 is 0 Å². The largest absolute Gasteiger partial charge is 0.508 e. The monoisotopic (exact) mass is 426 g/mol. The Hall–Kier alpha value is -3.22. The Labute approximate surface area is 179 Å². The Morgan fingerprint density at radius 2 is 1.94 bits per heavy atom. The summed E-state index contributed by atoms with van der Waals surface area (Å²) < 4.78 is 32.7. The molecule has 0 aliphatic heterocycles. The third kappa shape index (κ3) is 3.80. The fourth-order valence-electron chi connectivity index (χ4n) is 4.00. The van der Waals surface area contributed by atoms with E-state index in [4.69, 9.17) is 9.72 Å². The Morgan fingerprint density at radius 3 is 2.55 bits per heavy atom. The molecule has 1 aromatic heterocycles. The van der Waals surface area contributed by atoms with E-state index in [-0.39, 0.29) is 17.6 Å². The second-order valence-corrected chi connectivity index (χ2v) is 8.36. The number of hydrogen-bond acceptors (Lipinski definition) is 5. The number of phenolic OH excluding ortho intramolecular Hbond substituents is 1. The fourth-order valence-corrected chi connectivity index (χ4v) is 4.00. The molecule has 0 atom stereocenters. The van der Waals surface area contributed by atoms with Crippen LogP contribution in [0.3, 0.4) is 0 Å². The quantitative estimate of drug-likeness (QED) is 0.518. The van der Waals surface area contributed by atoms with Gasteiger partial charge < -0.3 is 15.2 Å². The van der Waals surface area contributed by atoms with E-state index in [2.05, 4.69) is 5.32 Å². The molecule has 0 amide bonds. The third-order valence-electron chi connectivity index (χ3n) is 5.86. The van der Waals surface area contributed by atoms with Gasteiger partial charge in [-0.15, -0.1) is 0 Å². The number of rotatable bonds is 6. The molecule has 7 heteroatoms. The van der Waals surface area contributed by atoms with Crippen LogP contribution in [0.2, 0.25) is 0 Å². The zero-order valence-electron chi connectivity index (χ0n) is 17.6. The standard InChI is InChI=1S/C24H24F2N2O3/c1-13(2)20-21(14-4-7-17(25)18(26)10-14)16-6-5-15(29)11-19(16)28-22(20)27-12-24(8-9-24)23(30)31-3/h4-7,10-11,13,29H,8-9,12H2,1-3H3,(H,27,28). The molecule has 162 valence electrons. The van der Waals surface area contributed by atoms with Gasteiger partial charge in [-0.05, 0) is 54.2 Å². The SMILES string of the molecule is COC(=O)C1(CNc2nc3cc(O)ccc3c(-c3ccc(F)c(F)c3)c2C(C)C)CC1. The number of benzene rings is 2. The van der Waals surface area contributed by atoms with E-state index in [0.29, 0.717) is 34.4 Å². The van der Waals surface area contributed by atoms with Crippen molar-refractivity contribution in [2.24, 2.45) is 5.41 Å². The number of aromatic hydroxyl groups is 1. The molecule has 31 heavy (non-hydrogen) atoms. The zero-order chi connectivity index (χ0) is 22.3. The first-order chi connectivity index (χ1) is 14.8. The third-order valence-corrected chi connectivity index (χ3v) is 5.86. The van der Waals surface area contributed by atoms with Gasteiger partial charge in [-0.3, -0.25) is 4.79 Å². The predicted molar refractivity (Wildman–Crippen MR) is 115 cm³/mol. The minimum Gasteiger partial charge on any atom is -0.508 e. The van der Waals surface area contributed by atoms with Crippen molar-refractivity contribution < 1.29 is 23.4 Å². The molecule has 3 aromatic rings. The summed E-state index contributed by atoms with van der Waals surface area (Å²) in [6, 6.07) is 8.60. The van der Waals surface area contributed by atoms with Gasteiger partial charge in [0, 0.05) is 23.6 Å². The topological polar surface area (TPSA) is 71.5 Å². The maximum absolute atomic E-state index is 14.1. The van der Waals surface area contributed by atoms with Gasteiger partial charge in [-0.25, -0.2) is 13.8 Å². The lowest BCUT2D eigenvalue weighted by Gasteiger charge is -2.22. The molecule has 2 N–H and O–H groups in total.